The average molecular weight is 287 g/mol. The van der Waals surface area contributed by atoms with Crippen molar-refractivity contribution in [1.82, 2.24) is 15.1 Å². The van der Waals surface area contributed by atoms with Crippen molar-refractivity contribution in [2.45, 2.75) is 26.3 Å². The summed E-state index contributed by atoms with van der Waals surface area (Å²) in [7, 11) is 1.64. The van der Waals surface area contributed by atoms with Gasteiger partial charge >= 0.3 is 0 Å². The number of nitrogens with zero attached hydrogens (tertiary/aromatic N) is 3. The normalized spacial score (nSPS) is 17.0. The highest BCUT2D eigenvalue weighted by molar-refractivity contribution is 5.62. The molecule has 1 aromatic carbocycles. The summed E-state index contributed by atoms with van der Waals surface area (Å²) in [5, 5.41) is 8.32. The number of likely N-dealkylation sites (tertiary alicyclic amines) is 1. The van der Waals surface area contributed by atoms with E-state index in [1.165, 1.54) is 12.8 Å². The number of aromatic nitrogens is 2. The smallest absolute Gasteiger partial charge is 0.251 e. The predicted molar refractivity (Wildman–Crippen MR) is 80.0 cm³/mol. The molecule has 1 aromatic heterocycles. The van der Waals surface area contributed by atoms with Gasteiger partial charge in [-0.25, -0.2) is 0 Å². The minimum Gasteiger partial charge on any atom is -0.496 e. The van der Waals surface area contributed by atoms with E-state index in [0.29, 0.717) is 11.8 Å². The number of ether oxygens (including phenoxy) is 1. The largest absolute Gasteiger partial charge is 0.496 e. The van der Waals surface area contributed by atoms with Crippen molar-refractivity contribution < 1.29 is 9.15 Å². The molecule has 0 atom stereocenters. The molecule has 1 aliphatic heterocycles. The predicted octanol–water partition coefficient (Wildman–Crippen LogP) is 2.98. The minimum absolute atomic E-state index is 0.521. The van der Waals surface area contributed by atoms with E-state index >= 15 is 0 Å². The molecule has 0 spiro atoms. The Hall–Kier alpha value is -1.88. The van der Waals surface area contributed by atoms with Crippen molar-refractivity contribution in [3.8, 4) is 17.2 Å². The van der Waals surface area contributed by atoms with Crippen molar-refractivity contribution >= 4 is 0 Å². The zero-order chi connectivity index (χ0) is 14.7. The van der Waals surface area contributed by atoms with Gasteiger partial charge in [-0.3, -0.25) is 4.90 Å². The van der Waals surface area contributed by atoms with Gasteiger partial charge in [-0.15, -0.1) is 10.2 Å². The second-order valence-corrected chi connectivity index (χ2v) is 5.66. The van der Waals surface area contributed by atoms with Crippen LogP contribution in [-0.2, 0) is 6.54 Å². The summed E-state index contributed by atoms with van der Waals surface area (Å²) in [6.07, 6.45) is 2.49. The van der Waals surface area contributed by atoms with Crippen LogP contribution in [-0.4, -0.2) is 35.3 Å². The summed E-state index contributed by atoms with van der Waals surface area (Å²) in [6, 6.07) is 7.69. The van der Waals surface area contributed by atoms with Gasteiger partial charge in [0.15, 0.2) is 0 Å². The molecule has 1 saturated heterocycles. The summed E-state index contributed by atoms with van der Waals surface area (Å²) in [4.78, 5) is 2.37. The number of hydrogen-bond donors (Lipinski definition) is 0. The zero-order valence-corrected chi connectivity index (χ0v) is 12.6. The van der Waals surface area contributed by atoms with E-state index in [0.717, 1.165) is 36.9 Å². The summed E-state index contributed by atoms with van der Waals surface area (Å²) in [6.45, 7) is 5.25. The standard InChI is InChI=1S/C16H21N3O2/c1-12-7-9-19(10-8-12)11-15-17-18-16(21-15)13-5-3-4-6-14(13)20-2/h3-6,12H,7-11H2,1-2H3. The van der Waals surface area contributed by atoms with Crippen LogP contribution in [0, 0.1) is 5.92 Å². The molecular weight excluding hydrogens is 266 g/mol. The Morgan fingerprint density at radius 1 is 1.24 bits per heavy atom. The van der Waals surface area contributed by atoms with Crippen LogP contribution in [0.25, 0.3) is 11.5 Å². The molecular formula is C16H21N3O2. The molecule has 112 valence electrons. The Morgan fingerprint density at radius 3 is 2.76 bits per heavy atom. The van der Waals surface area contributed by atoms with Crippen LogP contribution in [0.4, 0.5) is 0 Å². The van der Waals surface area contributed by atoms with Gasteiger partial charge in [-0.2, -0.15) is 0 Å². The van der Waals surface area contributed by atoms with E-state index in [4.69, 9.17) is 9.15 Å². The zero-order valence-electron chi connectivity index (χ0n) is 12.6. The fourth-order valence-corrected chi connectivity index (χ4v) is 2.66. The topological polar surface area (TPSA) is 51.4 Å². The molecule has 21 heavy (non-hydrogen) atoms. The highest BCUT2D eigenvalue weighted by atomic mass is 16.5. The van der Waals surface area contributed by atoms with Crippen LogP contribution in [0.5, 0.6) is 5.75 Å². The monoisotopic (exact) mass is 287 g/mol. The second kappa shape index (κ2) is 6.26. The fraction of sp³-hybridized carbons (Fsp3) is 0.500. The van der Waals surface area contributed by atoms with Gasteiger partial charge in [0.05, 0.1) is 19.2 Å². The van der Waals surface area contributed by atoms with Crippen molar-refractivity contribution in [2.75, 3.05) is 20.2 Å². The Morgan fingerprint density at radius 2 is 2.00 bits per heavy atom. The summed E-state index contributed by atoms with van der Waals surface area (Å²) < 4.78 is 11.1. The number of piperidine rings is 1. The van der Waals surface area contributed by atoms with Gasteiger partial charge in [0.1, 0.15) is 5.75 Å². The Balaban J connectivity index is 1.71. The van der Waals surface area contributed by atoms with Crippen LogP contribution in [0.15, 0.2) is 28.7 Å². The quantitative estimate of drug-likeness (QED) is 0.865. The lowest BCUT2D eigenvalue weighted by molar-refractivity contribution is 0.171. The Kier molecular flexibility index (Phi) is 4.20. The van der Waals surface area contributed by atoms with Crippen LogP contribution >= 0.6 is 0 Å². The number of rotatable bonds is 4. The van der Waals surface area contributed by atoms with Gasteiger partial charge in [0, 0.05) is 0 Å². The number of hydrogen-bond acceptors (Lipinski definition) is 5. The van der Waals surface area contributed by atoms with Crippen molar-refractivity contribution in [3.63, 3.8) is 0 Å². The molecule has 0 aliphatic carbocycles. The lowest BCUT2D eigenvalue weighted by Gasteiger charge is -2.28. The molecule has 0 unspecified atom stereocenters. The van der Waals surface area contributed by atoms with Crippen LogP contribution in [0.2, 0.25) is 0 Å². The van der Waals surface area contributed by atoms with Crippen LogP contribution < -0.4 is 4.74 Å². The van der Waals surface area contributed by atoms with Crippen molar-refractivity contribution in [1.29, 1.82) is 0 Å². The molecule has 0 saturated carbocycles. The first-order valence-corrected chi connectivity index (χ1v) is 7.44. The maximum Gasteiger partial charge on any atom is 0.251 e. The van der Waals surface area contributed by atoms with E-state index < -0.39 is 0 Å². The van der Waals surface area contributed by atoms with Crippen LogP contribution in [0.3, 0.4) is 0 Å². The molecule has 0 radical (unpaired) electrons. The summed E-state index contributed by atoms with van der Waals surface area (Å²) in [5.74, 6) is 2.77. The lowest BCUT2D eigenvalue weighted by Crippen LogP contribution is -2.32. The first kappa shape index (κ1) is 14.1. The number of methoxy groups -OCH3 is 1. The molecule has 2 aromatic rings. The van der Waals surface area contributed by atoms with E-state index in [9.17, 15) is 0 Å². The van der Waals surface area contributed by atoms with Gasteiger partial charge in [0.2, 0.25) is 5.89 Å². The first-order valence-electron chi connectivity index (χ1n) is 7.44. The number of benzene rings is 1. The molecule has 0 N–H and O–H groups in total. The maximum absolute atomic E-state index is 5.80. The van der Waals surface area contributed by atoms with Gasteiger partial charge in [0.25, 0.3) is 5.89 Å². The van der Waals surface area contributed by atoms with Gasteiger partial charge in [-0.1, -0.05) is 19.1 Å². The van der Waals surface area contributed by atoms with Gasteiger partial charge < -0.3 is 9.15 Å². The SMILES string of the molecule is COc1ccccc1-c1nnc(CN2CCC(C)CC2)o1. The van der Waals surface area contributed by atoms with Crippen LogP contribution in [0.1, 0.15) is 25.7 Å². The van der Waals surface area contributed by atoms with E-state index in [1.54, 1.807) is 7.11 Å². The summed E-state index contributed by atoms with van der Waals surface area (Å²) in [5.41, 5.74) is 0.839. The highest BCUT2D eigenvalue weighted by Gasteiger charge is 2.19. The number of para-hydroxylation sites is 1. The molecule has 2 heterocycles. The molecule has 5 heteroatoms. The summed E-state index contributed by atoms with van der Waals surface area (Å²) >= 11 is 0. The maximum atomic E-state index is 5.80. The molecule has 1 fully saturated rings. The van der Waals surface area contributed by atoms with Crippen molar-refractivity contribution in [3.05, 3.63) is 30.2 Å². The third-order valence-electron chi connectivity index (χ3n) is 4.04. The van der Waals surface area contributed by atoms with E-state index in [1.807, 2.05) is 24.3 Å². The molecule has 5 nitrogen and oxygen atoms in total. The van der Waals surface area contributed by atoms with Gasteiger partial charge in [-0.05, 0) is 44.0 Å². The third kappa shape index (κ3) is 3.24. The third-order valence-corrected chi connectivity index (χ3v) is 4.04. The van der Waals surface area contributed by atoms with E-state index in [-0.39, 0.29) is 0 Å². The fourth-order valence-electron chi connectivity index (χ4n) is 2.66. The lowest BCUT2D eigenvalue weighted by atomic mass is 9.99. The molecule has 1 aliphatic rings. The van der Waals surface area contributed by atoms with E-state index in [2.05, 4.69) is 22.0 Å². The average Bonchev–Trinajstić information content (AvgIpc) is 2.98. The molecule has 0 amide bonds. The Bertz CT molecular complexity index is 589. The van der Waals surface area contributed by atoms with Crippen molar-refractivity contribution in [2.24, 2.45) is 5.92 Å². The first-order chi connectivity index (χ1) is 10.3. The highest BCUT2D eigenvalue weighted by Crippen LogP contribution is 2.28. The molecule has 0 bridgehead atoms. The minimum atomic E-state index is 0.521. The Labute approximate surface area is 124 Å². The second-order valence-electron chi connectivity index (χ2n) is 5.66. The molecule has 3 rings (SSSR count).